The van der Waals surface area contributed by atoms with Crippen molar-refractivity contribution in [1.82, 2.24) is 4.98 Å². The Labute approximate surface area is 185 Å². The summed E-state index contributed by atoms with van der Waals surface area (Å²) in [5, 5.41) is 20.0. The molecule has 0 aliphatic heterocycles. The van der Waals surface area contributed by atoms with Crippen LogP contribution in [0.25, 0.3) is 11.1 Å². The minimum absolute atomic E-state index is 0.0745. The SMILES string of the molecule is CCCC(=O)Oc1ccc(-c2c(C#N)c(N)nc(SCc3ccccc3)c2C#N)cc1. The molecule has 0 aliphatic rings. The van der Waals surface area contributed by atoms with Crippen molar-refractivity contribution in [3.8, 4) is 29.0 Å². The van der Waals surface area contributed by atoms with E-state index in [1.165, 1.54) is 11.8 Å². The number of nitrogens with two attached hydrogens (primary N) is 1. The average Bonchev–Trinajstić information content (AvgIpc) is 2.78. The summed E-state index contributed by atoms with van der Waals surface area (Å²) in [5.41, 5.74) is 8.65. The largest absolute Gasteiger partial charge is 0.427 e. The predicted molar refractivity (Wildman–Crippen MR) is 120 cm³/mol. The normalized spacial score (nSPS) is 10.2. The number of aromatic nitrogens is 1. The van der Waals surface area contributed by atoms with Crippen molar-refractivity contribution >= 4 is 23.5 Å². The Kier molecular flexibility index (Phi) is 7.26. The maximum atomic E-state index is 11.7. The third kappa shape index (κ3) is 5.22. The lowest BCUT2D eigenvalue weighted by Crippen LogP contribution is -2.07. The fourth-order valence-electron chi connectivity index (χ4n) is 2.99. The minimum atomic E-state index is -0.307. The molecule has 7 heteroatoms. The highest BCUT2D eigenvalue weighted by Gasteiger charge is 2.20. The van der Waals surface area contributed by atoms with Gasteiger partial charge in [0.05, 0.1) is 5.56 Å². The van der Waals surface area contributed by atoms with Gasteiger partial charge in [-0.2, -0.15) is 10.5 Å². The number of pyridine rings is 1. The summed E-state index contributed by atoms with van der Waals surface area (Å²) in [5.74, 6) is 0.781. The topological polar surface area (TPSA) is 113 Å². The fraction of sp³-hybridized carbons (Fsp3) is 0.167. The second kappa shape index (κ2) is 10.3. The molecule has 1 heterocycles. The average molecular weight is 429 g/mol. The first-order valence-corrected chi connectivity index (χ1v) is 10.7. The first-order valence-electron chi connectivity index (χ1n) is 9.68. The highest BCUT2D eigenvalue weighted by molar-refractivity contribution is 7.98. The van der Waals surface area contributed by atoms with Crippen molar-refractivity contribution in [3.63, 3.8) is 0 Å². The molecule has 2 aromatic carbocycles. The second-order valence-corrected chi connectivity index (χ2v) is 7.64. The van der Waals surface area contributed by atoms with E-state index in [2.05, 4.69) is 17.1 Å². The van der Waals surface area contributed by atoms with Crippen molar-refractivity contribution < 1.29 is 9.53 Å². The molecular weight excluding hydrogens is 408 g/mol. The van der Waals surface area contributed by atoms with Gasteiger partial charge in [-0.15, -0.1) is 11.8 Å². The molecule has 0 aliphatic carbocycles. The molecule has 0 amide bonds. The van der Waals surface area contributed by atoms with Crippen LogP contribution in [-0.2, 0) is 10.5 Å². The Bertz CT molecular complexity index is 1160. The molecule has 1 aromatic heterocycles. The van der Waals surface area contributed by atoms with Crippen LogP contribution in [0.5, 0.6) is 5.75 Å². The molecule has 3 rings (SSSR count). The molecule has 0 spiro atoms. The van der Waals surface area contributed by atoms with Crippen molar-refractivity contribution in [2.24, 2.45) is 0 Å². The summed E-state index contributed by atoms with van der Waals surface area (Å²) < 4.78 is 5.28. The van der Waals surface area contributed by atoms with Gasteiger partial charge in [0.25, 0.3) is 0 Å². The molecule has 3 aromatic rings. The van der Waals surface area contributed by atoms with E-state index in [-0.39, 0.29) is 17.4 Å². The monoisotopic (exact) mass is 428 g/mol. The van der Waals surface area contributed by atoms with Crippen LogP contribution in [0.2, 0.25) is 0 Å². The number of nitrogens with zero attached hydrogens (tertiary/aromatic N) is 3. The van der Waals surface area contributed by atoms with Crippen LogP contribution >= 0.6 is 11.8 Å². The smallest absolute Gasteiger partial charge is 0.311 e. The van der Waals surface area contributed by atoms with Gasteiger partial charge in [-0.3, -0.25) is 4.79 Å². The molecule has 0 saturated heterocycles. The summed E-state index contributed by atoms with van der Waals surface area (Å²) in [4.78, 5) is 16.0. The van der Waals surface area contributed by atoms with Crippen LogP contribution in [0.1, 0.15) is 36.5 Å². The van der Waals surface area contributed by atoms with Gasteiger partial charge in [0, 0.05) is 17.7 Å². The Morgan fingerprint density at radius 2 is 1.74 bits per heavy atom. The highest BCUT2D eigenvalue weighted by Crippen LogP contribution is 2.37. The molecular formula is C24H20N4O2S. The Balaban J connectivity index is 1.98. The number of thioether (sulfide) groups is 1. The number of ether oxygens (including phenoxy) is 1. The van der Waals surface area contributed by atoms with Gasteiger partial charge in [-0.1, -0.05) is 49.4 Å². The first kappa shape index (κ1) is 21.9. The molecule has 6 nitrogen and oxygen atoms in total. The van der Waals surface area contributed by atoms with E-state index in [0.717, 1.165) is 5.56 Å². The summed E-state index contributed by atoms with van der Waals surface area (Å²) in [6.07, 6.45) is 1.04. The van der Waals surface area contributed by atoms with Gasteiger partial charge in [-0.05, 0) is 29.7 Å². The Hall–Kier alpha value is -3.81. The van der Waals surface area contributed by atoms with Crippen LogP contribution < -0.4 is 10.5 Å². The number of nitriles is 2. The van der Waals surface area contributed by atoms with Crippen LogP contribution in [0, 0.1) is 22.7 Å². The van der Waals surface area contributed by atoms with Crippen LogP contribution in [0.15, 0.2) is 59.6 Å². The van der Waals surface area contributed by atoms with Gasteiger partial charge in [-0.25, -0.2) is 4.98 Å². The summed E-state index contributed by atoms with van der Waals surface area (Å²) in [7, 11) is 0. The minimum Gasteiger partial charge on any atom is -0.427 e. The fourth-order valence-corrected chi connectivity index (χ4v) is 3.94. The van der Waals surface area contributed by atoms with E-state index in [1.54, 1.807) is 24.3 Å². The van der Waals surface area contributed by atoms with E-state index in [1.807, 2.05) is 37.3 Å². The number of rotatable bonds is 7. The van der Waals surface area contributed by atoms with E-state index >= 15 is 0 Å². The molecule has 0 unspecified atom stereocenters. The number of hydrogen-bond acceptors (Lipinski definition) is 7. The van der Waals surface area contributed by atoms with E-state index in [9.17, 15) is 15.3 Å². The molecule has 154 valence electrons. The molecule has 0 bridgehead atoms. The zero-order valence-corrected chi connectivity index (χ0v) is 17.8. The number of anilines is 1. The van der Waals surface area contributed by atoms with Gasteiger partial charge >= 0.3 is 5.97 Å². The highest BCUT2D eigenvalue weighted by atomic mass is 32.2. The van der Waals surface area contributed by atoms with Gasteiger partial charge in [0.2, 0.25) is 0 Å². The third-order valence-corrected chi connectivity index (χ3v) is 5.51. The van der Waals surface area contributed by atoms with E-state index in [0.29, 0.717) is 46.1 Å². The number of hydrogen-bond donors (Lipinski definition) is 1. The predicted octanol–water partition coefficient (Wildman–Crippen LogP) is 5.07. The summed E-state index contributed by atoms with van der Waals surface area (Å²) in [6, 6.07) is 20.8. The van der Waals surface area contributed by atoms with Crippen molar-refractivity contribution in [2.75, 3.05) is 5.73 Å². The molecule has 2 N–H and O–H groups in total. The van der Waals surface area contributed by atoms with Gasteiger partial charge < -0.3 is 10.5 Å². The first-order chi connectivity index (χ1) is 15.1. The standard InChI is InChI=1S/C24H20N4O2S/c1-2-6-21(29)30-18-11-9-17(10-12-18)22-19(13-25)23(27)28-24(20(22)14-26)31-15-16-7-4-3-5-8-16/h3-5,7-12H,2,6,15H2,1H3,(H2,27,28). The lowest BCUT2D eigenvalue weighted by molar-refractivity contribution is -0.134. The lowest BCUT2D eigenvalue weighted by atomic mass is 9.97. The van der Waals surface area contributed by atoms with Crippen LogP contribution in [-0.4, -0.2) is 11.0 Å². The molecule has 0 atom stereocenters. The van der Waals surface area contributed by atoms with Gasteiger partial charge in [0.15, 0.2) is 0 Å². The van der Waals surface area contributed by atoms with Crippen LogP contribution in [0.3, 0.4) is 0 Å². The summed E-state index contributed by atoms with van der Waals surface area (Å²) >= 11 is 1.39. The maximum Gasteiger partial charge on any atom is 0.311 e. The molecule has 0 fully saturated rings. The lowest BCUT2D eigenvalue weighted by Gasteiger charge is -2.13. The maximum absolute atomic E-state index is 11.7. The molecule has 0 saturated carbocycles. The molecule has 0 radical (unpaired) electrons. The zero-order valence-electron chi connectivity index (χ0n) is 17.0. The Morgan fingerprint density at radius 1 is 1.06 bits per heavy atom. The summed E-state index contributed by atoms with van der Waals surface area (Å²) in [6.45, 7) is 1.90. The van der Waals surface area contributed by atoms with E-state index in [4.69, 9.17) is 10.5 Å². The van der Waals surface area contributed by atoms with E-state index < -0.39 is 0 Å². The second-order valence-electron chi connectivity index (χ2n) is 6.67. The van der Waals surface area contributed by atoms with Crippen molar-refractivity contribution in [1.29, 1.82) is 10.5 Å². The number of nitrogen functional groups attached to an aromatic ring is 1. The van der Waals surface area contributed by atoms with Gasteiger partial charge in [0.1, 0.15) is 34.3 Å². The number of esters is 1. The third-order valence-electron chi connectivity index (χ3n) is 4.46. The zero-order chi connectivity index (χ0) is 22.2. The molecule has 31 heavy (non-hydrogen) atoms. The number of benzene rings is 2. The quantitative estimate of drug-likeness (QED) is 0.317. The van der Waals surface area contributed by atoms with Crippen molar-refractivity contribution in [2.45, 2.75) is 30.5 Å². The van der Waals surface area contributed by atoms with Crippen LogP contribution in [0.4, 0.5) is 5.82 Å². The van der Waals surface area contributed by atoms with Crippen molar-refractivity contribution in [3.05, 3.63) is 71.3 Å². The Morgan fingerprint density at radius 3 is 2.35 bits per heavy atom. The number of carbonyl (C=O) groups is 1. The number of carbonyl (C=O) groups excluding carboxylic acids is 1.